The van der Waals surface area contributed by atoms with Gasteiger partial charge in [0.05, 0.1) is 24.5 Å². The SMILES string of the molecule is Nc1cc(C(=O)O)cnc1NN1CCOCC1. The van der Waals surface area contributed by atoms with Crippen molar-refractivity contribution in [3.8, 4) is 0 Å². The monoisotopic (exact) mass is 238 g/mol. The first-order valence-electron chi connectivity index (χ1n) is 5.25. The van der Waals surface area contributed by atoms with Crippen LogP contribution in [0.4, 0.5) is 11.5 Å². The Balaban J connectivity index is 2.08. The molecule has 1 aliphatic rings. The molecule has 92 valence electrons. The van der Waals surface area contributed by atoms with Crippen LogP contribution in [0, 0.1) is 0 Å². The molecule has 0 bridgehead atoms. The molecule has 0 aliphatic carbocycles. The normalized spacial score (nSPS) is 16.7. The summed E-state index contributed by atoms with van der Waals surface area (Å²) in [5.74, 6) is -0.570. The molecule has 4 N–H and O–H groups in total. The lowest BCUT2D eigenvalue weighted by molar-refractivity contribution is 0.0495. The maximum Gasteiger partial charge on any atom is 0.337 e. The van der Waals surface area contributed by atoms with Gasteiger partial charge in [0.1, 0.15) is 0 Å². The molecule has 7 nitrogen and oxygen atoms in total. The molecular formula is C10H14N4O3. The standard InChI is InChI=1S/C10H14N4O3/c11-8-5-7(10(15)16)6-12-9(8)13-14-1-3-17-4-2-14/h5-6H,1-4,11H2,(H,12,13)(H,15,16). The highest BCUT2D eigenvalue weighted by Gasteiger charge is 2.13. The number of hydrogen-bond acceptors (Lipinski definition) is 6. The van der Waals surface area contributed by atoms with E-state index in [9.17, 15) is 4.79 Å². The van der Waals surface area contributed by atoms with Gasteiger partial charge in [-0.25, -0.2) is 14.8 Å². The quantitative estimate of drug-likeness (QED) is 0.682. The number of ether oxygens (including phenoxy) is 1. The van der Waals surface area contributed by atoms with Crippen molar-refractivity contribution in [1.82, 2.24) is 9.99 Å². The summed E-state index contributed by atoms with van der Waals surface area (Å²) in [4.78, 5) is 14.7. The Morgan fingerprint density at radius 2 is 2.24 bits per heavy atom. The largest absolute Gasteiger partial charge is 0.478 e. The predicted molar refractivity (Wildman–Crippen MR) is 61.6 cm³/mol. The maximum absolute atomic E-state index is 10.7. The number of carbonyl (C=O) groups is 1. The number of carboxylic acid groups (broad SMARTS) is 1. The molecule has 0 amide bonds. The number of anilines is 2. The molecule has 0 radical (unpaired) electrons. The third-order valence-electron chi connectivity index (χ3n) is 2.44. The lowest BCUT2D eigenvalue weighted by atomic mass is 10.2. The minimum Gasteiger partial charge on any atom is -0.478 e. The number of morpholine rings is 1. The molecule has 7 heteroatoms. The zero-order valence-corrected chi connectivity index (χ0v) is 9.22. The van der Waals surface area contributed by atoms with Gasteiger partial charge in [0.25, 0.3) is 0 Å². The number of rotatable bonds is 3. The summed E-state index contributed by atoms with van der Waals surface area (Å²) in [5, 5.41) is 10.7. The van der Waals surface area contributed by atoms with Gasteiger partial charge in [-0.15, -0.1) is 0 Å². The minimum atomic E-state index is -1.04. The van der Waals surface area contributed by atoms with Crippen LogP contribution in [0.5, 0.6) is 0 Å². The predicted octanol–water partition coefficient (Wildman–Crippen LogP) is 0.0211. The van der Waals surface area contributed by atoms with Crippen molar-refractivity contribution in [3.63, 3.8) is 0 Å². The van der Waals surface area contributed by atoms with Gasteiger partial charge in [-0.05, 0) is 6.07 Å². The minimum absolute atomic E-state index is 0.0787. The summed E-state index contributed by atoms with van der Waals surface area (Å²) in [6.45, 7) is 2.78. The summed E-state index contributed by atoms with van der Waals surface area (Å²) in [6, 6.07) is 1.39. The molecule has 0 saturated carbocycles. The van der Waals surface area contributed by atoms with Crippen LogP contribution >= 0.6 is 0 Å². The van der Waals surface area contributed by atoms with Gasteiger partial charge in [0.2, 0.25) is 0 Å². The number of hydrogen-bond donors (Lipinski definition) is 3. The van der Waals surface area contributed by atoms with Crippen molar-refractivity contribution in [2.24, 2.45) is 0 Å². The average molecular weight is 238 g/mol. The van der Waals surface area contributed by atoms with Crippen molar-refractivity contribution in [1.29, 1.82) is 0 Å². The molecule has 0 spiro atoms. The molecule has 17 heavy (non-hydrogen) atoms. The number of hydrazine groups is 1. The van der Waals surface area contributed by atoms with E-state index in [1.807, 2.05) is 5.01 Å². The zero-order valence-electron chi connectivity index (χ0n) is 9.22. The van der Waals surface area contributed by atoms with Crippen LogP contribution in [-0.2, 0) is 4.74 Å². The van der Waals surface area contributed by atoms with Crippen LogP contribution < -0.4 is 11.2 Å². The number of nitrogens with two attached hydrogens (primary N) is 1. The van der Waals surface area contributed by atoms with Crippen molar-refractivity contribution in [2.75, 3.05) is 37.5 Å². The lowest BCUT2D eigenvalue weighted by Gasteiger charge is -2.27. The molecule has 2 rings (SSSR count). The first kappa shape index (κ1) is 11.6. The van der Waals surface area contributed by atoms with E-state index in [1.54, 1.807) is 0 Å². The van der Waals surface area contributed by atoms with Gasteiger partial charge in [-0.3, -0.25) is 0 Å². The number of aromatic carboxylic acids is 1. The second-order valence-corrected chi connectivity index (χ2v) is 3.68. The van der Waals surface area contributed by atoms with Crippen LogP contribution in [0.3, 0.4) is 0 Å². The van der Waals surface area contributed by atoms with Crippen LogP contribution in [0.1, 0.15) is 10.4 Å². The average Bonchev–Trinajstić information content (AvgIpc) is 2.33. The Morgan fingerprint density at radius 1 is 1.53 bits per heavy atom. The fraction of sp³-hybridized carbons (Fsp3) is 0.400. The van der Waals surface area contributed by atoms with E-state index in [1.165, 1.54) is 12.3 Å². The van der Waals surface area contributed by atoms with E-state index in [-0.39, 0.29) is 5.56 Å². The fourth-order valence-corrected chi connectivity index (χ4v) is 1.52. The van der Waals surface area contributed by atoms with Gasteiger partial charge >= 0.3 is 5.97 Å². The number of pyridine rings is 1. The summed E-state index contributed by atoms with van der Waals surface area (Å²) < 4.78 is 5.21. The number of carboxylic acids is 1. The van der Waals surface area contributed by atoms with Crippen molar-refractivity contribution >= 4 is 17.5 Å². The van der Waals surface area contributed by atoms with Crippen molar-refractivity contribution in [3.05, 3.63) is 17.8 Å². The number of nitrogens with one attached hydrogen (secondary N) is 1. The van der Waals surface area contributed by atoms with Gasteiger partial charge in [-0.1, -0.05) is 0 Å². The first-order valence-corrected chi connectivity index (χ1v) is 5.25. The Kier molecular flexibility index (Phi) is 3.40. The van der Waals surface area contributed by atoms with E-state index in [0.29, 0.717) is 24.7 Å². The molecule has 2 heterocycles. The van der Waals surface area contributed by atoms with Crippen LogP contribution in [-0.4, -0.2) is 47.4 Å². The summed E-state index contributed by atoms with van der Waals surface area (Å²) in [7, 11) is 0. The first-order chi connectivity index (χ1) is 8.16. The Morgan fingerprint density at radius 3 is 2.82 bits per heavy atom. The van der Waals surface area contributed by atoms with E-state index >= 15 is 0 Å². The Hall–Kier alpha value is -1.86. The number of aromatic nitrogens is 1. The van der Waals surface area contributed by atoms with Gasteiger partial charge in [-0.2, -0.15) is 0 Å². The van der Waals surface area contributed by atoms with Crippen molar-refractivity contribution < 1.29 is 14.6 Å². The highest BCUT2D eigenvalue weighted by molar-refractivity contribution is 5.89. The Labute approximate surface area is 98.2 Å². The molecule has 1 fully saturated rings. The molecule has 0 unspecified atom stereocenters. The van der Waals surface area contributed by atoms with Crippen LogP contribution in [0.25, 0.3) is 0 Å². The Bertz CT molecular complexity index is 418. The summed E-state index contributed by atoms with van der Waals surface area (Å²) in [6.07, 6.45) is 1.28. The number of nitrogens with zero attached hydrogens (tertiary/aromatic N) is 2. The summed E-state index contributed by atoms with van der Waals surface area (Å²) >= 11 is 0. The molecular weight excluding hydrogens is 224 g/mol. The highest BCUT2D eigenvalue weighted by atomic mass is 16.5. The van der Waals surface area contributed by atoms with Crippen molar-refractivity contribution in [2.45, 2.75) is 0 Å². The second kappa shape index (κ2) is 4.98. The summed E-state index contributed by atoms with van der Waals surface area (Å²) in [5.41, 5.74) is 9.16. The van der Waals surface area contributed by atoms with Gasteiger partial charge < -0.3 is 21.0 Å². The van der Waals surface area contributed by atoms with Gasteiger partial charge in [0, 0.05) is 19.3 Å². The lowest BCUT2D eigenvalue weighted by Crippen LogP contribution is -2.40. The number of nitrogen functional groups attached to an aromatic ring is 1. The molecule has 1 aromatic heterocycles. The molecule has 0 atom stereocenters. The fourth-order valence-electron chi connectivity index (χ4n) is 1.52. The maximum atomic E-state index is 10.7. The smallest absolute Gasteiger partial charge is 0.337 e. The topological polar surface area (TPSA) is 101 Å². The highest BCUT2D eigenvalue weighted by Crippen LogP contribution is 2.17. The second-order valence-electron chi connectivity index (χ2n) is 3.68. The van der Waals surface area contributed by atoms with E-state index in [0.717, 1.165) is 13.1 Å². The van der Waals surface area contributed by atoms with Crippen LogP contribution in [0.2, 0.25) is 0 Å². The molecule has 0 aromatic carbocycles. The molecule has 1 aliphatic heterocycles. The van der Waals surface area contributed by atoms with E-state index in [2.05, 4.69) is 10.4 Å². The third kappa shape index (κ3) is 2.83. The van der Waals surface area contributed by atoms with E-state index in [4.69, 9.17) is 15.6 Å². The van der Waals surface area contributed by atoms with Crippen LogP contribution in [0.15, 0.2) is 12.3 Å². The molecule has 1 saturated heterocycles. The van der Waals surface area contributed by atoms with Gasteiger partial charge in [0.15, 0.2) is 5.82 Å². The molecule has 1 aromatic rings. The van der Waals surface area contributed by atoms with E-state index < -0.39 is 5.97 Å². The third-order valence-corrected chi connectivity index (χ3v) is 2.44. The zero-order chi connectivity index (χ0) is 12.3.